The molecule has 0 saturated carbocycles. The lowest BCUT2D eigenvalue weighted by molar-refractivity contribution is 0.0375. The van der Waals surface area contributed by atoms with Crippen molar-refractivity contribution in [2.75, 3.05) is 19.8 Å². The Hall–Kier alpha value is -1.63. The van der Waals surface area contributed by atoms with E-state index in [-0.39, 0.29) is 5.75 Å². The molecule has 0 fully saturated rings. The first-order valence-corrected chi connectivity index (χ1v) is 5.43. The summed E-state index contributed by atoms with van der Waals surface area (Å²) in [6.45, 7) is -0.0955. The minimum Gasteiger partial charge on any atom is -0.508 e. The molecule has 6 nitrogen and oxygen atoms in total. The van der Waals surface area contributed by atoms with E-state index in [1.165, 1.54) is 18.2 Å². The fourth-order valence-corrected chi connectivity index (χ4v) is 1.48. The highest BCUT2D eigenvalue weighted by Crippen LogP contribution is 2.16. The number of hydrogen-bond acceptors (Lipinski definition) is 5. The Balaban J connectivity index is 2.94. The molecule has 1 rings (SSSR count). The van der Waals surface area contributed by atoms with Crippen molar-refractivity contribution in [3.8, 4) is 5.75 Å². The van der Waals surface area contributed by atoms with Crippen molar-refractivity contribution in [3.63, 3.8) is 0 Å². The van der Waals surface area contributed by atoms with Gasteiger partial charge >= 0.3 is 0 Å². The number of aromatic hydroxyl groups is 1. The molecule has 0 heterocycles. The topological polar surface area (TPSA) is 110 Å². The highest BCUT2D eigenvalue weighted by molar-refractivity contribution is 5.96. The first-order chi connectivity index (χ1) is 8.48. The zero-order valence-electron chi connectivity index (χ0n) is 10.1. The number of phenols is 1. The van der Waals surface area contributed by atoms with Crippen LogP contribution in [0.2, 0.25) is 0 Å². The molecule has 18 heavy (non-hydrogen) atoms. The highest BCUT2D eigenvalue weighted by Gasteiger charge is 2.30. The number of carbonyl (C=O) groups is 1. The zero-order chi connectivity index (χ0) is 13.8. The van der Waals surface area contributed by atoms with Crippen LogP contribution in [-0.4, -0.2) is 51.7 Å². The van der Waals surface area contributed by atoms with E-state index in [1.807, 2.05) is 0 Å². The van der Waals surface area contributed by atoms with Crippen LogP contribution in [0, 0.1) is 6.92 Å². The van der Waals surface area contributed by atoms with E-state index in [4.69, 9.17) is 15.3 Å². The van der Waals surface area contributed by atoms with E-state index >= 15 is 0 Å². The van der Waals surface area contributed by atoms with Gasteiger partial charge in [-0.3, -0.25) is 4.79 Å². The summed E-state index contributed by atoms with van der Waals surface area (Å²) >= 11 is 0. The molecule has 1 aromatic carbocycles. The zero-order valence-corrected chi connectivity index (χ0v) is 10.1. The Morgan fingerprint density at radius 3 is 2.22 bits per heavy atom. The van der Waals surface area contributed by atoms with Crippen LogP contribution in [0.25, 0.3) is 0 Å². The average Bonchev–Trinajstić information content (AvgIpc) is 2.36. The molecule has 0 atom stereocenters. The molecule has 0 bridgehead atoms. The van der Waals surface area contributed by atoms with Gasteiger partial charge < -0.3 is 25.7 Å². The average molecular weight is 255 g/mol. The number of amides is 1. The maximum Gasteiger partial charge on any atom is 0.252 e. The minimum absolute atomic E-state index is 0.0433. The SMILES string of the molecule is Cc1cc(O)ccc1C(=O)NC(CO)(CO)CO. The number of nitrogens with one attached hydrogen (secondary N) is 1. The number of aliphatic hydroxyl groups is 3. The fraction of sp³-hybridized carbons (Fsp3) is 0.417. The van der Waals surface area contributed by atoms with Gasteiger partial charge in [0.1, 0.15) is 11.3 Å². The van der Waals surface area contributed by atoms with Crippen LogP contribution in [0.4, 0.5) is 0 Å². The van der Waals surface area contributed by atoms with Crippen LogP contribution in [0.15, 0.2) is 18.2 Å². The monoisotopic (exact) mass is 255 g/mol. The van der Waals surface area contributed by atoms with Gasteiger partial charge in [0.25, 0.3) is 5.91 Å². The Morgan fingerprint density at radius 2 is 1.78 bits per heavy atom. The molecule has 0 aliphatic carbocycles. The molecular formula is C12H17NO5. The Morgan fingerprint density at radius 1 is 1.22 bits per heavy atom. The summed E-state index contributed by atoms with van der Waals surface area (Å²) in [7, 11) is 0. The van der Waals surface area contributed by atoms with Gasteiger partial charge in [0.2, 0.25) is 0 Å². The van der Waals surface area contributed by atoms with Gasteiger partial charge in [-0.05, 0) is 30.7 Å². The van der Waals surface area contributed by atoms with Gasteiger partial charge in [0.05, 0.1) is 19.8 Å². The van der Waals surface area contributed by atoms with Crippen molar-refractivity contribution in [3.05, 3.63) is 29.3 Å². The van der Waals surface area contributed by atoms with Gasteiger partial charge in [0.15, 0.2) is 0 Å². The van der Waals surface area contributed by atoms with Crippen LogP contribution in [0.1, 0.15) is 15.9 Å². The van der Waals surface area contributed by atoms with E-state index in [2.05, 4.69) is 5.32 Å². The van der Waals surface area contributed by atoms with Crippen molar-refractivity contribution in [2.24, 2.45) is 0 Å². The number of aryl methyl sites for hydroxylation is 1. The van der Waals surface area contributed by atoms with Crippen LogP contribution in [-0.2, 0) is 0 Å². The molecule has 6 heteroatoms. The van der Waals surface area contributed by atoms with Crippen molar-refractivity contribution in [1.82, 2.24) is 5.32 Å². The highest BCUT2D eigenvalue weighted by atomic mass is 16.3. The Kier molecular flexibility index (Phi) is 4.66. The van der Waals surface area contributed by atoms with Gasteiger partial charge in [0, 0.05) is 5.56 Å². The van der Waals surface area contributed by atoms with E-state index in [1.54, 1.807) is 6.92 Å². The van der Waals surface area contributed by atoms with Crippen LogP contribution in [0.5, 0.6) is 5.75 Å². The number of phenolic OH excluding ortho intramolecular Hbond substituents is 1. The second-order valence-corrected chi connectivity index (χ2v) is 4.21. The minimum atomic E-state index is -1.46. The number of aliphatic hydroxyl groups excluding tert-OH is 3. The van der Waals surface area contributed by atoms with Gasteiger partial charge in [-0.25, -0.2) is 0 Å². The van der Waals surface area contributed by atoms with Crippen molar-refractivity contribution in [1.29, 1.82) is 0 Å². The van der Waals surface area contributed by atoms with Gasteiger partial charge in [-0.15, -0.1) is 0 Å². The molecule has 0 unspecified atom stereocenters. The maximum atomic E-state index is 11.9. The fourth-order valence-electron chi connectivity index (χ4n) is 1.48. The summed E-state index contributed by atoms with van der Waals surface area (Å²) in [5.74, 6) is -0.494. The van der Waals surface area contributed by atoms with Crippen molar-refractivity contribution >= 4 is 5.91 Å². The lowest BCUT2D eigenvalue weighted by atomic mass is 10.0. The van der Waals surface area contributed by atoms with E-state index in [9.17, 15) is 9.90 Å². The maximum absolute atomic E-state index is 11.9. The first-order valence-electron chi connectivity index (χ1n) is 5.43. The largest absolute Gasteiger partial charge is 0.508 e. The van der Waals surface area contributed by atoms with E-state index in [0.717, 1.165) is 0 Å². The first kappa shape index (κ1) is 14.4. The molecule has 0 aromatic heterocycles. The molecule has 0 aliphatic heterocycles. The standard InChI is InChI=1S/C12H17NO5/c1-8-4-9(17)2-3-10(8)11(18)13-12(5-14,6-15)7-16/h2-4,14-17H,5-7H2,1H3,(H,13,18). The molecule has 0 saturated heterocycles. The number of rotatable bonds is 5. The molecule has 1 aromatic rings. The quantitative estimate of drug-likeness (QED) is 0.470. The lowest BCUT2D eigenvalue weighted by Crippen LogP contribution is -2.57. The summed E-state index contributed by atoms with van der Waals surface area (Å²) in [6.07, 6.45) is 0. The molecular weight excluding hydrogens is 238 g/mol. The molecule has 0 aliphatic rings. The van der Waals surface area contributed by atoms with Crippen LogP contribution < -0.4 is 5.32 Å². The van der Waals surface area contributed by atoms with Crippen LogP contribution in [0.3, 0.4) is 0 Å². The third kappa shape index (κ3) is 2.98. The predicted molar refractivity (Wildman–Crippen MR) is 64.3 cm³/mol. The molecule has 1 amide bonds. The summed E-state index contributed by atoms with van der Waals surface area (Å²) in [5.41, 5.74) is -0.607. The van der Waals surface area contributed by atoms with Crippen molar-refractivity contribution in [2.45, 2.75) is 12.5 Å². The van der Waals surface area contributed by atoms with Crippen molar-refractivity contribution < 1.29 is 25.2 Å². The Labute approximate surface area is 105 Å². The van der Waals surface area contributed by atoms with E-state index < -0.39 is 31.3 Å². The molecule has 0 spiro atoms. The smallest absolute Gasteiger partial charge is 0.252 e. The van der Waals surface area contributed by atoms with Crippen LogP contribution >= 0.6 is 0 Å². The summed E-state index contributed by atoms with van der Waals surface area (Å²) in [6, 6.07) is 4.21. The summed E-state index contributed by atoms with van der Waals surface area (Å²) < 4.78 is 0. The summed E-state index contributed by atoms with van der Waals surface area (Å²) in [5, 5.41) is 39.0. The predicted octanol–water partition coefficient (Wildman–Crippen LogP) is -0.854. The second-order valence-electron chi connectivity index (χ2n) is 4.21. The molecule has 0 radical (unpaired) electrons. The number of carbonyl (C=O) groups excluding carboxylic acids is 1. The number of benzene rings is 1. The molecule has 5 N–H and O–H groups in total. The summed E-state index contributed by atoms with van der Waals surface area (Å²) in [4.78, 5) is 11.9. The molecule has 100 valence electrons. The van der Waals surface area contributed by atoms with Gasteiger partial charge in [-0.2, -0.15) is 0 Å². The third-order valence-corrected chi connectivity index (χ3v) is 2.74. The van der Waals surface area contributed by atoms with E-state index in [0.29, 0.717) is 11.1 Å². The van der Waals surface area contributed by atoms with Gasteiger partial charge in [-0.1, -0.05) is 0 Å². The normalized spacial score (nSPS) is 11.3. The Bertz CT molecular complexity index is 420. The third-order valence-electron chi connectivity index (χ3n) is 2.74. The second kappa shape index (κ2) is 5.81. The number of hydrogen-bond donors (Lipinski definition) is 5. The lowest BCUT2D eigenvalue weighted by Gasteiger charge is -2.28.